The maximum atomic E-state index is 2.47. The van der Waals surface area contributed by atoms with Crippen molar-refractivity contribution in [2.24, 2.45) is 0 Å². The first-order valence-corrected chi connectivity index (χ1v) is 21.1. The molecule has 0 unspecified atom stereocenters. The second-order valence-corrected chi connectivity index (χ2v) is 14.4. The Morgan fingerprint density at radius 3 is 0.488 bits per heavy atom. The summed E-state index contributed by atoms with van der Waals surface area (Å²) in [7, 11) is 0. The molecule has 0 nitrogen and oxygen atoms in total. The Balaban J connectivity index is 3.07. The average molecular weight is 603 g/mol. The molecule has 0 saturated heterocycles. The van der Waals surface area contributed by atoms with E-state index in [0.29, 0.717) is 0 Å². The van der Waals surface area contributed by atoms with E-state index in [1.54, 1.807) is 0 Å². The third-order valence-corrected chi connectivity index (χ3v) is 9.87. The summed E-state index contributed by atoms with van der Waals surface area (Å²) in [5.41, 5.74) is 0. The molecule has 0 atom stereocenters. The summed E-state index contributed by atoms with van der Waals surface area (Å²) < 4.78 is 0. The van der Waals surface area contributed by atoms with Crippen LogP contribution in [0.2, 0.25) is 0 Å². The van der Waals surface area contributed by atoms with Crippen LogP contribution < -0.4 is 0 Å². The summed E-state index contributed by atoms with van der Waals surface area (Å²) in [5, 5.41) is 0. The molecule has 0 aliphatic heterocycles. The van der Waals surface area contributed by atoms with Crippen LogP contribution in [0.4, 0.5) is 0 Å². The highest BCUT2D eigenvalue weighted by Gasteiger charge is 1.97. The molecule has 0 spiro atoms. The van der Waals surface area contributed by atoms with Gasteiger partial charge in [0.1, 0.15) is 0 Å². The van der Waals surface area contributed by atoms with E-state index in [-0.39, 0.29) is 0 Å². The van der Waals surface area contributed by atoms with Crippen molar-refractivity contribution in [3.8, 4) is 0 Å². The van der Waals surface area contributed by atoms with Gasteiger partial charge in [-0.05, 0) is 25.7 Å². The molecule has 0 saturated carbocycles. The van der Waals surface area contributed by atoms with E-state index in [2.05, 4.69) is 26.0 Å². The lowest BCUT2D eigenvalue weighted by molar-refractivity contribution is 0.516. The lowest BCUT2D eigenvalue weighted by atomic mass is 10.0. The quantitative estimate of drug-likeness (QED) is 0.0485. The standard InChI is InChI=1S/C43H86/c1-3-5-7-9-11-13-15-17-19-21-23-25-27-29-31-33-35-37-39-41-43-42-40-38-36-34-32-30-28-26-24-22-20-18-16-14-12-10-8-6-4-2/h29,31H,3-28,30,32-43H2,1-2H3. The zero-order valence-corrected chi connectivity index (χ0v) is 30.7. The third kappa shape index (κ3) is 41.7. The first kappa shape index (κ1) is 42.7. The lowest BCUT2D eigenvalue weighted by Gasteiger charge is -2.04. The van der Waals surface area contributed by atoms with Crippen LogP contribution in [0.5, 0.6) is 0 Å². The molecule has 0 aliphatic rings. The zero-order chi connectivity index (χ0) is 31.0. The van der Waals surface area contributed by atoms with Crippen molar-refractivity contribution in [1.82, 2.24) is 0 Å². The molecular weight excluding hydrogens is 516 g/mol. The van der Waals surface area contributed by atoms with Gasteiger partial charge in [0.25, 0.3) is 0 Å². The van der Waals surface area contributed by atoms with Crippen molar-refractivity contribution in [3.63, 3.8) is 0 Å². The fraction of sp³-hybridized carbons (Fsp3) is 0.953. The molecular formula is C43H86. The smallest absolute Gasteiger partial charge is 0.0351 e. The van der Waals surface area contributed by atoms with Crippen LogP contribution in [0, 0.1) is 0 Å². The summed E-state index contributed by atoms with van der Waals surface area (Å²) in [5.74, 6) is 0. The van der Waals surface area contributed by atoms with E-state index in [0.717, 1.165) is 0 Å². The Kier molecular flexibility index (Phi) is 41.5. The first-order chi connectivity index (χ1) is 21.4. The van der Waals surface area contributed by atoms with E-state index in [1.807, 2.05) is 0 Å². The van der Waals surface area contributed by atoms with Gasteiger partial charge in [-0.15, -0.1) is 0 Å². The van der Waals surface area contributed by atoms with Gasteiger partial charge in [0.05, 0.1) is 0 Å². The van der Waals surface area contributed by atoms with Crippen LogP contribution in [0.1, 0.15) is 264 Å². The molecule has 0 heteroatoms. The molecule has 0 amide bonds. The third-order valence-electron chi connectivity index (χ3n) is 9.87. The molecule has 0 radical (unpaired) electrons. The van der Waals surface area contributed by atoms with Crippen LogP contribution in [0.25, 0.3) is 0 Å². The predicted molar refractivity (Wildman–Crippen MR) is 201 cm³/mol. The van der Waals surface area contributed by atoms with Gasteiger partial charge >= 0.3 is 0 Å². The Bertz CT molecular complexity index is 476. The van der Waals surface area contributed by atoms with E-state index >= 15 is 0 Å². The molecule has 0 aliphatic carbocycles. The summed E-state index contributed by atoms with van der Waals surface area (Å²) in [4.78, 5) is 0. The lowest BCUT2D eigenvalue weighted by Crippen LogP contribution is -1.84. The highest BCUT2D eigenvalue weighted by atomic mass is 14.0. The number of rotatable bonds is 39. The first-order valence-electron chi connectivity index (χ1n) is 21.1. The van der Waals surface area contributed by atoms with Gasteiger partial charge < -0.3 is 0 Å². The van der Waals surface area contributed by atoms with Crippen LogP contribution in [-0.2, 0) is 0 Å². The largest absolute Gasteiger partial charge is 0.0885 e. The van der Waals surface area contributed by atoms with Crippen LogP contribution >= 0.6 is 0 Å². The summed E-state index contributed by atoms with van der Waals surface area (Å²) in [6.07, 6.45) is 61.9. The number of hydrogen-bond acceptors (Lipinski definition) is 0. The molecule has 0 fully saturated rings. The van der Waals surface area contributed by atoms with Crippen LogP contribution in [0.15, 0.2) is 12.2 Å². The van der Waals surface area contributed by atoms with Crippen molar-refractivity contribution >= 4 is 0 Å². The summed E-state index contributed by atoms with van der Waals surface area (Å²) in [6.45, 7) is 4.62. The second kappa shape index (κ2) is 41.7. The van der Waals surface area contributed by atoms with Crippen molar-refractivity contribution in [2.75, 3.05) is 0 Å². The number of allylic oxidation sites excluding steroid dienone is 2. The molecule has 258 valence electrons. The predicted octanol–water partition coefficient (Wildman–Crippen LogP) is 16.8. The second-order valence-electron chi connectivity index (χ2n) is 14.4. The Labute approximate surface area is 275 Å². The topological polar surface area (TPSA) is 0 Å². The van der Waals surface area contributed by atoms with E-state index < -0.39 is 0 Å². The Hall–Kier alpha value is -0.260. The molecule has 0 aromatic carbocycles. The van der Waals surface area contributed by atoms with Crippen molar-refractivity contribution < 1.29 is 0 Å². The van der Waals surface area contributed by atoms with Gasteiger partial charge in [0.2, 0.25) is 0 Å². The van der Waals surface area contributed by atoms with Crippen molar-refractivity contribution in [3.05, 3.63) is 12.2 Å². The molecule has 43 heavy (non-hydrogen) atoms. The molecule has 0 aromatic heterocycles. The molecule has 0 N–H and O–H groups in total. The van der Waals surface area contributed by atoms with E-state index in [9.17, 15) is 0 Å². The van der Waals surface area contributed by atoms with E-state index in [4.69, 9.17) is 0 Å². The Morgan fingerprint density at radius 2 is 0.326 bits per heavy atom. The molecule has 0 rings (SSSR count). The molecule has 0 bridgehead atoms. The summed E-state index contributed by atoms with van der Waals surface area (Å²) >= 11 is 0. The van der Waals surface area contributed by atoms with Crippen LogP contribution in [-0.4, -0.2) is 0 Å². The minimum Gasteiger partial charge on any atom is -0.0885 e. The van der Waals surface area contributed by atoms with Gasteiger partial charge in [-0.2, -0.15) is 0 Å². The van der Waals surface area contributed by atoms with Crippen molar-refractivity contribution in [1.29, 1.82) is 0 Å². The fourth-order valence-corrected chi connectivity index (χ4v) is 6.74. The van der Waals surface area contributed by atoms with Crippen LogP contribution in [0.3, 0.4) is 0 Å². The zero-order valence-electron chi connectivity index (χ0n) is 30.7. The maximum Gasteiger partial charge on any atom is -0.0351 e. The fourth-order valence-electron chi connectivity index (χ4n) is 6.74. The molecule has 0 heterocycles. The Morgan fingerprint density at radius 1 is 0.186 bits per heavy atom. The highest BCUT2D eigenvalue weighted by molar-refractivity contribution is 4.81. The average Bonchev–Trinajstić information content (AvgIpc) is 3.02. The number of hydrogen-bond donors (Lipinski definition) is 0. The van der Waals surface area contributed by atoms with Gasteiger partial charge in [0, 0.05) is 0 Å². The van der Waals surface area contributed by atoms with E-state index in [1.165, 1.54) is 250 Å². The maximum absolute atomic E-state index is 2.47. The minimum absolute atomic E-state index is 1.32. The van der Waals surface area contributed by atoms with Gasteiger partial charge in [-0.25, -0.2) is 0 Å². The minimum atomic E-state index is 1.32. The highest BCUT2D eigenvalue weighted by Crippen LogP contribution is 2.17. The summed E-state index contributed by atoms with van der Waals surface area (Å²) in [6, 6.07) is 0. The number of unbranched alkanes of at least 4 members (excludes halogenated alkanes) is 37. The monoisotopic (exact) mass is 603 g/mol. The van der Waals surface area contributed by atoms with Gasteiger partial charge in [0.15, 0.2) is 0 Å². The van der Waals surface area contributed by atoms with Gasteiger partial charge in [-0.3, -0.25) is 0 Å². The van der Waals surface area contributed by atoms with Gasteiger partial charge in [-0.1, -0.05) is 251 Å². The van der Waals surface area contributed by atoms with Crippen molar-refractivity contribution in [2.45, 2.75) is 264 Å². The SMILES string of the molecule is CCCCCCCCCCCCCCC=CCCCCCCCCCCCCCCCCCCCCCCCCCCC. The molecule has 0 aromatic rings. The normalized spacial score (nSPS) is 11.8.